The third-order valence-electron chi connectivity index (χ3n) is 4.13. The van der Waals surface area contributed by atoms with Gasteiger partial charge in [0.15, 0.2) is 5.96 Å². The second kappa shape index (κ2) is 11.8. The van der Waals surface area contributed by atoms with E-state index in [1.807, 2.05) is 74.7 Å². The molecule has 1 aromatic heterocycles. The van der Waals surface area contributed by atoms with Gasteiger partial charge in [0.25, 0.3) is 5.91 Å². The molecule has 0 atom stereocenters. The Kier molecular flexibility index (Phi) is 9.07. The first kappa shape index (κ1) is 21.5. The van der Waals surface area contributed by atoms with Crippen LogP contribution < -0.4 is 16.0 Å². The van der Waals surface area contributed by atoms with E-state index in [-0.39, 0.29) is 5.91 Å². The average Bonchev–Trinajstić information content (AvgIpc) is 3.19. The number of nitrogens with zero attached hydrogens (tertiary/aromatic N) is 3. The molecule has 3 N–H and O–H groups in total. The Balaban J connectivity index is 1.89. The third kappa shape index (κ3) is 7.84. The molecule has 7 heteroatoms. The molecule has 0 radical (unpaired) electrons. The maximum atomic E-state index is 12.3. The lowest BCUT2D eigenvalue weighted by Gasteiger charge is -2.12. The standard InChI is InChI=1S/C21H32N6O/c1-4-22-21(24-11-15-27-12-5-6-13-27)25-17-18-8-7-9-19(16-18)20(28)23-10-14-26(2)3/h5-9,12-13,16H,4,10-11,14-15,17H2,1-3H3,(H,23,28)(H2,22,24,25). The summed E-state index contributed by atoms with van der Waals surface area (Å²) in [5, 5.41) is 9.53. The van der Waals surface area contributed by atoms with Gasteiger partial charge < -0.3 is 25.4 Å². The van der Waals surface area contributed by atoms with Crippen LogP contribution in [-0.4, -0.2) is 61.6 Å². The molecule has 0 aliphatic heterocycles. The zero-order valence-corrected chi connectivity index (χ0v) is 17.1. The van der Waals surface area contributed by atoms with E-state index in [2.05, 4.69) is 25.5 Å². The van der Waals surface area contributed by atoms with Gasteiger partial charge in [0.2, 0.25) is 0 Å². The van der Waals surface area contributed by atoms with Crippen molar-refractivity contribution in [3.05, 3.63) is 59.9 Å². The summed E-state index contributed by atoms with van der Waals surface area (Å²) in [5.74, 6) is 0.722. The van der Waals surface area contributed by atoms with Gasteiger partial charge in [-0.3, -0.25) is 4.79 Å². The summed E-state index contributed by atoms with van der Waals surface area (Å²) in [5.41, 5.74) is 1.67. The molecule has 7 nitrogen and oxygen atoms in total. The second-order valence-electron chi connectivity index (χ2n) is 6.80. The molecule has 1 aromatic carbocycles. The van der Waals surface area contributed by atoms with Crippen molar-refractivity contribution in [1.29, 1.82) is 0 Å². The molecule has 28 heavy (non-hydrogen) atoms. The molecule has 0 unspecified atom stereocenters. The topological polar surface area (TPSA) is 73.7 Å². The van der Waals surface area contributed by atoms with Crippen LogP contribution in [0.3, 0.4) is 0 Å². The summed E-state index contributed by atoms with van der Waals surface area (Å²) >= 11 is 0. The normalized spacial score (nSPS) is 11.5. The number of aromatic nitrogens is 1. The molecule has 2 rings (SSSR count). The summed E-state index contributed by atoms with van der Waals surface area (Å²) in [6, 6.07) is 11.7. The lowest BCUT2D eigenvalue weighted by atomic mass is 10.1. The first-order valence-corrected chi connectivity index (χ1v) is 9.73. The van der Waals surface area contributed by atoms with E-state index in [9.17, 15) is 4.79 Å². The van der Waals surface area contributed by atoms with Crippen molar-refractivity contribution in [2.75, 3.05) is 40.3 Å². The quantitative estimate of drug-likeness (QED) is 0.429. The van der Waals surface area contributed by atoms with Crippen LogP contribution in [0.1, 0.15) is 22.8 Å². The van der Waals surface area contributed by atoms with Crippen molar-refractivity contribution in [1.82, 2.24) is 25.4 Å². The molecule has 0 aliphatic rings. The van der Waals surface area contributed by atoms with Gasteiger partial charge in [-0.15, -0.1) is 0 Å². The fourth-order valence-corrected chi connectivity index (χ4v) is 2.64. The molecule has 0 spiro atoms. The molecule has 0 bridgehead atoms. The minimum absolute atomic E-state index is 0.0515. The van der Waals surface area contributed by atoms with E-state index in [0.29, 0.717) is 18.7 Å². The number of benzene rings is 1. The minimum atomic E-state index is -0.0515. The van der Waals surface area contributed by atoms with Crippen molar-refractivity contribution in [3.8, 4) is 0 Å². The van der Waals surface area contributed by atoms with E-state index < -0.39 is 0 Å². The molecule has 2 aromatic rings. The van der Waals surface area contributed by atoms with Crippen LogP contribution >= 0.6 is 0 Å². The van der Waals surface area contributed by atoms with Crippen LogP contribution in [0.5, 0.6) is 0 Å². The number of nitrogens with one attached hydrogen (secondary N) is 3. The lowest BCUT2D eigenvalue weighted by molar-refractivity contribution is 0.0951. The van der Waals surface area contributed by atoms with Gasteiger partial charge in [0.1, 0.15) is 0 Å². The Labute approximate surface area is 167 Å². The number of hydrogen-bond donors (Lipinski definition) is 3. The van der Waals surface area contributed by atoms with Crippen LogP contribution in [-0.2, 0) is 13.1 Å². The summed E-state index contributed by atoms with van der Waals surface area (Å²) in [6.45, 7) is 6.46. The molecular formula is C21H32N6O. The van der Waals surface area contributed by atoms with E-state index in [1.165, 1.54) is 0 Å². The van der Waals surface area contributed by atoms with Crippen molar-refractivity contribution in [2.45, 2.75) is 20.0 Å². The van der Waals surface area contributed by atoms with Crippen molar-refractivity contribution in [2.24, 2.45) is 4.99 Å². The smallest absolute Gasteiger partial charge is 0.251 e. The van der Waals surface area contributed by atoms with Gasteiger partial charge >= 0.3 is 0 Å². The third-order valence-corrected chi connectivity index (χ3v) is 4.13. The molecule has 0 aliphatic carbocycles. The predicted octanol–water partition coefficient (Wildman–Crippen LogP) is 1.53. The van der Waals surface area contributed by atoms with E-state index >= 15 is 0 Å². The first-order valence-electron chi connectivity index (χ1n) is 9.73. The van der Waals surface area contributed by atoms with Crippen LogP contribution in [0.15, 0.2) is 53.8 Å². The highest BCUT2D eigenvalue weighted by Gasteiger charge is 2.06. The Bertz CT molecular complexity index is 739. The Hall–Kier alpha value is -2.80. The second-order valence-corrected chi connectivity index (χ2v) is 6.80. The fourth-order valence-electron chi connectivity index (χ4n) is 2.64. The monoisotopic (exact) mass is 384 g/mol. The van der Waals surface area contributed by atoms with Gasteiger partial charge in [-0.2, -0.15) is 0 Å². The van der Waals surface area contributed by atoms with E-state index in [1.54, 1.807) is 0 Å². The number of carbonyl (C=O) groups is 1. The zero-order valence-electron chi connectivity index (χ0n) is 17.1. The van der Waals surface area contributed by atoms with Gasteiger partial charge in [-0.05, 0) is 50.8 Å². The molecular weight excluding hydrogens is 352 g/mol. The highest BCUT2D eigenvalue weighted by molar-refractivity contribution is 5.94. The highest BCUT2D eigenvalue weighted by atomic mass is 16.1. The Morgan fingerprint density at radius 2 is 1.86 bits per heavy atom. The highest BCUT2D eigenvalue weighted by Crippen LogP contribution is 2.07. The van der Waals surface area contributed by atoms with Crippen LogP contribution in [0.25, 0.3) is 0 Å². The van der Waals surface area contributed by atoms with Crippen molar-refractivity contribution >= 4 is 11.9 Å². The number of hydrogen-bond acceptors (Lipinski definition) is 3. The molecule has 0 saturated carbocycles. The summed E-state index contributed by atoms with van der Waals surface area (Å²) < 4.78 is 2.12. The Morgan fingerprint density at radius 1 is 1.07 bits per heavy atom. The number of likely N-dealkylation sites (N-methyl/N-ethyl adjacent to an activating group) is 1. The Morgan fingerprint density at radius 3 is 2.57 bits per heavy atom. The molecule has 1 amide bonds. The van der Waals surface area contributed by atoms with Crippen molar-refractivity contribution < 1.29 is 4.79 Å². The van der Waals surface area contributed by atoms with Crippen LogP contribution in [0, 0.1) is 0 Å². The van der Waals surface area contributed by atoms with Crippen LogP contribution in [0.4, 0.5) is 0 Å². The van der Waals surface area contributed by atoms with Gasteiger partial charge in [0, 0.05) is 50.7 Å². The molecule has 1 heterocycles. The zero-order chi connectivity index (χ0) is 20.2. The summed E-state index contributed by atoms with van der Waals surface area (Å²) in [7, 11) is 3.97. The summed E-state index contributed by atoms with van der Waals surface area (Å²) in [4.78, 5) is 19.0. The molecule has 0 saturated heterocycles. The number of carbonyl (C=O) groups excluding carboxylic acids is 1. The van der Waals surface area contributed by atoms with E-state index in [0.717, 1.165) is 37.7 Å². The lowest BCUT2D eigenvalue weighted by Crippen LogP contribution is -2.38. The maximum Gasteiger partial charge on any atom is 0.251 e. The number of amides is 1. The fraction of sp³-hybridized carbons (Fsp3) is 0.429. The number of rotatable bonds is 10. The van der Waals surface area contributed by atoms with Gasteiger partial charge in [-0.25, -0.2) is 4.99 Å². The predicted molar refractivity (Wildman–Crippen MR) is 115 cm³/mol. The van der Waals surface area contributed by atoms with Crippen molar-refractivity contribution in [3.63, 3.8) is 0 Å². The minimum Gasteiger partial charge on any atom is -0.357 e. The number of aliphatic imine (C=N–C) groups is 1. The summed E-state index contributed by atoms with van der Waals surface area (Å²) in [6.07, 6.45) is 4.08. The maximum absolute atomic E-state index is 12.3. The van der Waals surface area contributed by atoms with E-state index in [4.69, 9.17) is 0 Å². The SMILES string of the molecule is CCNC(=NCc1cccc(C(=O)NCCN(C)C)c1)NCCn1cccc1. The average molecular weight is 385 g/mol. The largest absolute Gasteiger partial charge is 0.357 e. The first-order chi connectivity index (χ1) is 13.6. The van der Waals surface area contributed by atoms with Gasteiger partial charge in [0.05, 0.1) is 6.54 Å². The van der Waals surface area contributed by atoms with Crippen LogP contribution in [0.2, 0.25) is 0 Å². The molecule has 0 fully saturated rings. The number of guanidine groups is 1. The molecule has 152 valence electrons. The van der Waals surface area contributed by atoms with Gasteiger partial charge in [-0.1, -0.05) is 12.1 Å².